The van der Waals surface area contributed by atoms with E-state index in [4.69, 9.17) is 10.5 Å². The third-order valence-electron chi connectivity index (χ3n) is 2.01. The Balaban J connectivity index is 2.83. The lowest BCUT2D eigenvalue weighted by Gasteiger charge is -2.10. The van der Waals surface area contributed by atoms with Crippen molar-refractivity contribution in [1.82, 2.24) is 0 Å². The van der Waals surface area contributed by atoms with Crippen LogP contribution in [0.4, 0.5) is 0 Å². The van der Waals surface area contributed by atoms with E-state index in [2.05, 4.69) is 0 Å². The number of hydrogen-bond donors (Lipinski definition) is 3. The molecule has 1 aromatic carbocycles. The predicted octanol–water partition coefficient (Wildman–Crippen LogP) is 0.263. The molecule has 0 amide bonds. The van der Waals surface area contributed by atoms with Gasteiger partial charge in [-0.2, -0.15) is 0 Å². The Morgan fingerprint density at radius 2 is 2.21 bits per heavy atom. The number of rotatable bonds is 4. The summed E-state index contributed by atoms with van der Waals surface area (Å²) in [6.45, 7) is 0.177. The van der Waals surface area contributed by atoms with Gasteiger partial charge in [0.1, 0.15) is 11.5 Å². The number of nitrogens with two attached hydrogens (primary N) is 1. The Kier molecular flexibility index (Phi) is 3.73. The van der Waals surface area contributed by atoms with Crippen LogP contribution < -0.4 is 10.5 Å². The van der Waals surface area contributed by atoms with E-state index in [1.54, 1.807) is 19.2 Å². The molecule has 0 fully saturated rings. The molecule has 0 aliphatic heterocycles. The van der Waals surface area contributed by atoms with Gasteiger partial charge in [-0.1, -0.05) is 0 Å². The summed E-state index contributed by atoms with van der Waals surface area (Å²) in [5, 5.41) is 18.8. The molecule has 0 bridgehead atoms. The maximum absolute atomic E-state index is 9.47. The van der Waals surface area contributed by atoms with Crippen LogP contribution in [0.1, 0.15) is 5.56 Å². The van der Waals surface area contributed by atoms with Crippen molar-refractivity contribution in [1.29, 1.82) is 0 Å². The first-order valence-electron chi connectivity index (χ1n) is 4.41. The fourth-order valence-corrected chi connectivity index (χ4v) is 1.19. The molecule has 0 heterocycles. The number of aliphatic hydroxyl groups excluding tert-OH is 1. The fourth-order valence-electron chi connectivity index (χ4n) is 1.19. The van der Waals surface area contributed by atoms with Gasteiger partial charge in [-0.25, -0.2) is 0 Å². The Morgan fingerprint density at radius 3 is 2.79 bits per heavy atom. The van der Waals surface area contributed by atoms with Crippen LogP contribution in [0.5, 0.6) is 11.5 Å². The SMILES string of the molecule is COc1ccc(O)c(CC(O)CN)c1. The van der Waals surface area contributed by atoms with Crippen molar-refractivity contribution in [3.05, 3.63) is 23.8 Å². The van der Waals surface area contributed by atoms with Crippen LogP contribution in [0.15, 0.2) is 18.2 Å². The molecule has 78 valence electrons. The second-order valence-corrected chi connectivity index (χ2v) is 3.09. The highest BCUT2D eigenvalue weighted by atomic mass is 16.5. The van der Waals surface area contributed by atoms with Gasteiger partial charge in [0.15, 0.2) is 0 Å². The van der Waals surface area contributed by atoms with E-state index in [9.17, 15) is 10.2 Å². The molecule has 1 rings (SSSR count). The largest absolute Gasteiger partial charge is 0.508 e. The number of benzene rings is 1. The van der Waals surface area contributed by atoms with Crippen molar-refractivity contribution in [2.45, 2.75) is 12.5 Å². The first-order chi connectivity index (χ1) is 6.67. The Labute approximate surface area is 82.9 Å². The molecule has 0 radical (unpaired) electrons. The second kappa shape index (κ2) is 4.83. The molecule has 0 aliphatic carbocycles. The van der Waals surface area contributed by atoms with Gasteiger partial charge < -0.3 is 20.7 Å². The van der Waals surface area contributed by atoms with Crippen LogP contribution >= 0.6 is 0 Å². The smallest absolute Gasteiger partial charge is 0.119 e. The molecular weight excluding hydrogens is 182 g/mol. The van der Waals surface area contributed by atoms with E-state index in [0.717, 1.165) is 0 Å². The molecular formula is C10H15NO3. The van der Waals surface area contributed by atoms with E-state index in [-0.39, 0.29) is 12.3 Å². The van der Waals surface area contributed by atoms with E-state index in [1.165, 1.54) is 6.07 Å². The number of phenols is 1. The van der Waals surface area contributed by atoms with Crippen LogP contribution in [0.3, 0.4) is 0 Å². The molecule has 4 N–H and O–H groups in total. The van der Waals surface area contributed by atoms with E-state index in [0.29, 0.717) is 17.7 Å². The quantitative estimate of drug-likeness (QED) is 0.647. The zero-order valence-electron chi connectivity index (χ0n) is 8.10. The minimum atomic E-state index is -0.631. The summed E-state index contributed by atoms with van der Waals surface area (Å²) in [6.07, 6.45) is -0.299. The molecule has 14 heavy (non-hydrogen) atoms. The van der Waals surface area contributed by atoms with Crippen molar-refractivity contribution in [3.63, 3.8) is 0 Å². The molecule has 1 aromatic rings. The lowest BCUT2D eigenvalue weighted by Crippen LogP contribution is -2.22. The summed E-state index contributed by atoms with van der Waals surface area (Å²) in [4.78, 5) is 0. The summed E-state index contributed by atoms with van der Waals surface area (Å²) < 4.78 is 5.00. The van der Waals surface area contributed by atoms with E-state index < -0.39 is 6.10 Å². The van der Waals surface area contributed by atoms with Crippen LogP contribution in [0.25, 0.3) is 0 Å². The minimum absolute atomic E-state index is 0.151. The van der Waals surface area contributed by atoms with Gasteiger partial charge in [-0.05, 0) is 18.2 Å². The number of hydrogen-bond acceptors (Lipinski definition) is 4. The number of methoxy groups -OCH3 is 1. The van der Waals surface area contributed by atoms with E-state index in [1.807, 2.05) is 0 Å². The van der Waals surface area contributed by atoms with Gasteiger partial charge in [-0.15, -0.1) is 0 Å². The van der Waals surface area contributed by atoms with Crippen LogP contribution in [0.2, 0.25) is 0 Å². The van der Waals surface area contributed by atoms with Crippen LogP contribution in [0, 0.1) is 0 Å². The first kappa shape index (κ1) is 10.8. The summed E-state index contributed by atoms with van der Waals surface area (Å²) in [7, 11) is 1.55. The summed E-state index contributed by atoms with van der Waals surface area (Å²) in [5.74, 6) is 0.806. The van der Waals surface area contributed by atoms with Gasteiger partial charge in [-0.3, -0.25) is 0 Å². The van der Waals surface area contributed by atoms with Gasteiger partial charge in [0.05, 0.1) is 13.2 Å². The van der Waals surface area contributed by atoms with E-state index >= 15 is 0 Å². The summed E-state index contributed by atoms with van der Waals surface area (Å²) >= 11 is 0. The number of ether oxygens (including phenoxy) is 1. The van der Waals surface area contributed by atoms with Crippen molar-refractivity contribution in [2.24, 2.45) is 5.73 Å². The second-order valence-electron chi connectivity index (χ2n) is 3.09. The Morgan fingerprint density at radius 1 is 1.50 bits per heavy atom. The Hall–Kier alpha value is -1.26. The normalized spacial score (nSPS) is 12.5. The molecule has 0 saturated carbocycles. The van der Waals surface area contributed by atoms with Crippen molar-refractivity contribution < 1.29 is 14.9 Å². The molecule has 4 nitrogen and oxygen atoms in total. The maximum Gasteiger partial charge on any atom is 0.119 e. The lowest BCUT2D eigenvalue weighted by molar-refractivity contribution is 0.182. The molecule has 0 aromatic heterocycles. The topological polar surface area (TPSA) is 75.7 Å². The highest BCUT2D eigenvalue weighted by molar-refractivity contribution is 5.39. The molecule has 0 spiro atoms. The van der Waals surface area contributed by atoms with Gasteiger partial charge in [0.2, 0.25) is 0 Å². The summed E-state index contributed by atoms with van der Waals surface area (Å²) in [5.41, 5.74) is 5.92. The van der Waals surface area contributed by atoms with Gasteiger partial charge >= 0.3 is 0 Å². The lowest BCUT2D eigenvalue weighted by atomic mass is 10.1. The number of phenolic OH excluding ortho intramolecular Hbond substituents is 1. The molecule has 0 saturated heterocycles. The molecule has 4 heteroatoms. The average Bonchev–Trinajstić information content (AvgIpc) is 2.21. The fraction of sp³-hybridized carbons (Fsp3) is 0.400. The van der Waals surface area contributed by atoms with Crippen molar-refractivity contribution in [2.75, 3.05) is 13.7 Å². The third-order valence-corrected chi connectivity index (χ3v) is 2.01. The van der Waals surface area contributed by atoms with Crippen molar-refractivity contribution in [3.8, 4) is 11.5 Å². The number of aromatic hydroxyl groups is 1. The molecule has 1 unspecified atom stereocenters. The zero-order valence-corrected chi connectivity index (χ0v) is 8.10. The average molecular weight is 197 g/mol. The van der Waals surface area contributed by atoms with Crippen LogP contribution in [-0.2, 0) is 6.42 Å². The van der Waals surface area contributed by atoms with Crippen LogP contribution in [-0.4, -0.2) is 30.0 Å². The minimum Gasteiger partial charge on any atom is -0.508 e. The number of aliphatic hydroxyl groups is 1. The molecule has 1 atom stereocenters. The van der Waals surface area contributed by atoms with Gasteiger partial charge in [0.25, 0.3) is 0 Å². The standard InChI is InChI=1S/C10H15NO3/c1-14-9-2-3-10(13)7(5-9)4-8(12)6-11/h2-3,5,8,12-13H,4,6,11H2,1H3. The predicted molar refractivity (Wildman–Crippen MR) is 53.4 cm³/mol. The monoisotopic (exact) mass is 197 g/mol. The Bertz CT molecular complexity index is 301. The highest BCUT2D eigenvalue weighted by Crippen LogP contribution is 2.23. The van der Waals surface area contributed by atoms with Crippen molar-refractivity contribution >= 4 is 0 Å². The zero-order chi connectivity index (χ0) is 10.6. The third kappa shape index (κ3) is 2.61. The molecule has 0 aliphatic rings. The maximum atomic E-state index is 9.47. The summed E-state index contributed by atoms with van der Waals surface area (Å²) in [6, 6.07) is 4.89. The van der Waals surface area contributed by atoms with Gasteiger partial charge in [0, 0.05) is 18.5 Å². The highest BCUT2D eigenvalue weighted by Gasteiger charge is 2.08. The first-order valence-corrected chi connectivity index (χ1v) is 4.41.